The Morgan fingerprint density at radius 3 is 2.86 bits per heavy atom. The summed E-state index contributed by atoms with van der Waals surface area (Å²) in [6, 6.07) is 11.0. The zero-order valence-electron chi connectivity index (χ0n) is 15.5. The van der Waals surface area contributed by atoms with Crippen molar-refractivity contribution in [1.29, 1.82) is 0 Å². The van der Waals surface area contributed by atoms with Gasteiger partial charge in [0.05, 0.1) is 13.4 Å². The third-order valence-corrected chi connectivity index (χ3v) is 5.16. The lowest BCUT2D eigenvalue weighted by molar-refractivity contribution is -0.121. The van der Waals surface area contributed by atoms with Crippen LogP contribution in [0.3, 0.4) is 0 Å². The van der Waals surface area contributed by atoms with Crippen LogP contribution in [-0.2, 0) is 17.9 Å². The second kappa shape index (κ2) is 8.19. The molecule has 1 N–H and O–H groups in total. The second-order valence-electron chi connectivity index (χ2n) is 6.25. The van der Waals surface area contributed by atoms with E-state index in [0.717, 1.165) is 28.4 Å². The molecule has 0 spiro atoms. The van der Waals surface area contributed by atoms with Crippen LogP contribution in [-0.4, -0.2) is 31.9 Å². The summed E-state index contributed by atoms with van der Waals surface area (Å²) >= 11 is 1.08. The predicted molar refractivity (Wildman–Crippen MR) is 110 cm³/mol. The monoisotopic (exact) mass is 407 g/mol. The first-order chi connectivity index (χ1) is 14.2. The van der Waals surface area contributed by atoms with Gasteiger partial charge >= 0.3 is 0 Å². The number of aromatic nitrogens is 4. The molecule has 0 atom stereocenters. The van der Waals surface area contributed by atoms with Crippen LogP contribution < -0.4 is 15.6 Å². The number of carbonyl (C=O) groups excluding carboxylic acids is 1. The molecule has 0 saturated carbocycles. The lowest BCUT2D eigenvalue weighted by Gasteiger charge is -2.08. The molecule has 29 heavy (non-hydrogen) atoms. The highest BCUT2D eigenvalue weighted by Crippen LogP contribution is 2.26. The molecule has 8 nitrogen and oxygen atoms in total. The van der Waals surface area contributed by atoms with Gasteiger partial charge in [-0.1, -0.05) is 12.1 Å². The average Bonchev–Trinajstić information content (AvgIpc) is 3.20. The molecule has 0 fully saturated rings. The molecule has 0 aliphatic rings. The number of nitrogens with one attached hydrogen (secondary N) is 1. The molecule has 0 unspecified atom stereocenters. The van der Waals surface area contributed by atoms with Gasteiger partial charge in [-0.3, -0.25) is 19.1 Å². The molecule has 4 aromatic rings. The van der Waals surface area contributed by atoms with Gasteiger partial charge in [0.1, 0.15) is 28.2 Å². The summed E-state index contributed by atoms with van der Waals surface area (Å²) in [5, 5.41) is 2.80. The number of fused-ring (bicyclic) bond motifs is 1. The molecule has 9 heteroatoms. The van der Waals surface area contributed by atoms with Crippen LogP contribution in [0.2, 0.25) is 0 Å². The van der Waals surface area contributed by atoms with Crippen molar-refractivity contribution in [3.8, 4) is 17.0 Å². The first-order valence-electron chi connectivity index (χ1n) is 8.80. The Bertz CT molecular complexity index is 1220. The van der Waals surface area contributed by atoms with Crippen LogP contribution in [0.4, 0.5) is 0 Å². The number of rotatable bonds is 6. The van der Waals surface area contributed by atoms with E-state index in [0.29, 0.717) is 22.5 Å². The minimum atomic E-state index is -0.288. The zero-order chi connectivity index (χ0) is 20.2. The number of hydrogen-bond donors (Lipinski definition) is 1. The molecule has 0 aliphatic heterocycles. The van der Waals surface area contributed by atoms with Gasteiger partial charge in [0, 0.05) is 24.5 Å². The lowest BCUT2D eigenvalue weighted by Crippen LogP contribution is -2.31. The van der Waals surface area contributed by atoms with Crippen molar-refractivity contribution in [2.24, 2.45) is 0 Å². The van der Waals surface area contributed by atoms with Crippen LogP contribution in [0.1, 0.15) is 5.56 Å². The van der Waals surface area contributed by atoms with E-state index >= 15 is 0 Å². The molecular weight excluding hydrogens is 390 g/mol. The number of pyridine rings is 1. The Morgan fingerprint density at radius 1 is 1.24 bits per heavy atom. The smallest absolute Gasteiger partial charge is 0.273 e. The predicted octanol–water partition coefficient (Wildman–Crippen LogP) is 2.24. The minimum Gasteiger partial charge on any atom is -0.497 e. The van der Waals surface area contributed by atoms with Gasteiger partial charge in [0.2, 0.25) is 5.91 Å². The van der Waals surface area contributed by atoms with E-state index in [-0.39, 0.29) is 18.0 Å². The van der Waals surface area contributed by atoms with Crippen LogP contribution in [0.25, 0.3) is 21.5 Å². The summed E-state index contributed by atoms with van der Waals surface area (Å²) in [6.45, 7) is 0.224. The molecule has 0 radical (unpaired) electrons. The van der Waals surface area contributed by atoms with E-state index in [1.54, 1.807) is 19.5 Å². The first kappa shape index (κ1) is 18.8. The SMILES string of the molecule is COc1cccc(CNC(=O)Cn2cnc3c(-c4ccncc4)nsc3c2=O)c1. The Morgan fingerprint density at radius 2 is 2.07 bits per heavy atom. The number of hydrogen-bond acceptors (Lipinski definition) is 7. The van der Waals surface area contributed by atoms with Crippen molar-refractivity contribution in [2.45, 2.75) is 13.1 Å². The molecule has 1 amide bonds. The Balaban J connectivity index is 1.50. The third kappa shape index (κ3) is 3.99. The fourth-order valence-electron chi connectivity index (χ4n) is 2.86. The van der Waals surface area contributed by atoms with E-state index in [1.807, 2.05) is 36.4 Å². The highest BCUT2D eigenvalue weighted by atomic mass is 32.1. The maximum atomic E-state index is 12.8. The largest absolute Gasteiger partial charge is 0.497 e. The maximum Gasteiger partial charge on any atom is 0.273 e. The van der Waals surface area contributed by atoms with Gasteiger partial charge in [-0.15, -0.1) is 0 Å². The molecule has 3 aromatic heterocycles. The Kier molecular flexibility index (Phi) is 5.30. The van der Waals surface area contributed by atoms with Crippen LogP contribution >= 0.6 is 11.5 Å². The summed E-state index contributed by atoms with van der Waals surface area (Å²) in [5.74, 6) is 0.438. The molecule has 4 rings (SSSR count). The minimum absolute atomic E-state index is 0.117. The summed E-state index contributed by atoms with van der Waals surface area (Å²) < 4.78 is 11.2. The molecule has 0 saturated heterocycles. The Labute approximate surface area is 170 Å². The fourth-order valence-corrected chi connectivity index (χ4v) is 3.67. The van der Waals surface area contributed by atoms with Gasteiger partial charge in [-0.05, 0) is 41.4 Å². The van der Waals surface area contributed by atoms with E-state index in [9.17, 15) is 9.59 Å². The first-order valence-corrected chi connectivity index (χ1v) is 9.58. The van der Waals surface area contributed by atoms with Crippen LogP contribution in [0, 0.1) is 0 Å². The Hall–Kier alpha value is -3.59. The summed E-state index contributed by atoms with van der Waals surface area (Å²) in [6.07, 6.45) is 4.71. The molecular formula is C20H17N5O3S. The standard InChI is InChI=1S/C20H17N5O3S/c1-28-15-4-2-3-13(9-15)10-22-16(26)11-25-12-23-18-17(14-5-7-21-8-6-14)24-29-19(18)20(25)27/h2-9,12H,10-11H2,1H3,(H,22,26). The number of ether oxygens (including phenoxy) is 1. The maximum absolute atomic E-state index is 12.8. The second-order valence-corrected chi connectivity index (χ2v) is 7.02. The van der Waals surface area contributed by atoms with Crippen molar-refractivity contribution in [3.63, 3.8) is 0 Å². The van der Waals surface area contributed by atoms with Gasteiger partial charge in [-0.25, -0.2) is 4.98 Å². The third-order valence-electron chi connectivity index (χ3n) is 4.34. The van der Waals surface area contributed by atoms with Crippen molar-refractivity contribution in [3.05, 3.63) is 71.0 Å². The summed E-state index contributed by atoms with van der Waals surface area (Å²) in [5.41, 5.74) is 2.62. The van der Waals surface area contributed by atoms with E-state index < -0.39 is 0 Å². The molecule has 0 bridgehead atoms. The fraction of sp³-hybridized carbons (Fsp3) is 0.150. The molecule has 146 valence electrons. The van der Waals surface area contributed by atoms with Crippen molar-refractivity contribution < 1.29 is 9.53 Å². The zero-order valence-corrected chi connectivity index (χ0v) is 16.3. The molecule has 1 aromatic carbocycles. The van der Waals surface area contributed by atoms with Gasteiger partial charge < -0.3 is 10.1 Å². The summed E-state index contributed by atoms with van der Waals surface area (Å²) in [7, 11) is 1.59. The van der Waals surface area contributed by atoms with E-state index in [1.165, 1.54) is 10.9 Å². The number of nitrogens with zero attached hydrogens (tertiary/aromatic N) is 4. The number of amides is 1. The quantitative estimate of drug-likeness (QED) is 0.526. The number of benzene rings is 1. The van der Waals surface area contributed by atoms with Crippen molar-refractivity contribution in [1.82, 2.24) is 24.2 Å². The average molecular weight is 407 g/mol. The molecule has 3 heterocycles. The van der Waals surface area contributed by atoms with Crippen LogP contribution in [0.15, 0.2) is 59.9 Å². The van der Waals surface area contributed by atoms with Crippen LogP contribution in [0.5, 0.6) is 5.75 Å². The highest BCUT2D eigenvalue weighted by molar-refractivity contribution is 7.13. The number of carbonyl (C=O) groups is 1. The topological polar surface area (TPSA) is 99.0 Å². The van der Waals surface area contributed by atoms with Gasteiger partial charge in [0.15, 0.2) is 0 Å². The van der Waals surface area contributed by atoms with Crippen molar-refractivity contribution in [2.75, 3.05) is 7.11 Å². The van der Waals surface area contributed by atoms with Gasteiger partial charge in [-0.2, -0.15) is 4.37 Å². The van der Waals surface area contributed by atoms with E-state index in [2.05, 4.69) is 19.7 Å². The van der Waals surface area contributed by atoms with Crippen molar-refractivity contribution >= 4 is 27.7 Å². The normalized spacial score (nSPS) is 10.8. The van der Waals surface area contributed by atoms with E-state index in [4.69, 9.17) is 4.74 Å². The molecule has 0 aliphatic carbocycles. The number of methoxy groups -OCH3 is 1. The summed E-state index contributed by atoms with van der Waals surface area (Å²) in [4.78, 5) is 33.4. The lowest BCUT2D eigenvalue weighted by atomic mass is 10.2. The highest BCUT2D eigenvalue weighted by Gasteiger charge is 2.15. The van der Waals surface area contributed by atoms with Gasteiger partial charge in [0.25, 0.3) is 5.56 Å².